The molecule has 11 nitrogen and oxygen atoms in total. The summed E-state index contributed by atoms with van der Waals surface area (Å²) >= 11 is 5.87. The fourth-order valence-corrected chi connectivity index (χ4v) is 2.68. The second-order valence-corrected chi connectivity index (χ2v) is 6.19. The van der Waals surface area contributed by atoms with E-state index < -0.39 is 16.6 Å². The molecule has 1 N–H and O–H groups in total. The van der Waals surface area contributed by atoms with Crippen LogP contribution in [0.15, 0.2) is 24.8 Å². The normalized spacial score (nSPS) is 10.9. The van der Waals surface area contributed by atoms with Crippen LogP contribution in [-0.2, 0) is 24.4 Å². The number of aromatic nitrogens is 6. The van der Waals surface area contributed by atoms with E-state index in [1.165, 1.54) is 10.9 Å². The number of halogens is 1. The van der Waals surface area contributed by atoms with Crippen LogP contribution in [0.2, 0.25) is 5.02 Å². The first-order valence-corrected chi connectivity index (χ1v) is 8.46. The molecular weight excluding hydrogens is 376 g/mol. The molecule has 0 spiro atoms. The summed E-state index contributed by atoms with van der Waals surface area (Å²) in [6.45, 7) is 4.67. The van der Waals surface area contributed by atoms with Gasteiger partial charge in [-0.3, -0.25) is 14.2 Å². The van der Waals surface area contributed by atoms with Crippen molar-refractivity contribution in [2.24, 2.45) is 0 Å². The van der Waals surface area contributed by atoms with Crippen LogP contribution >= 0.6 is 11.6 Å². The van der Waals surface area contributed by atoms with E-state index in [1.807, 2.05) is 17.8 Å². The molecule has 0 aliphatic carbocycles. The van der Waals surface area contributed by atoms with E-state index >= 15 is 0 Å². The minimum Gasteiger partial charge on any atom is -0.358 e. The summed E-state index contributed by atoms with van der Waals surface area (Å²) in [6, 6.07) is 0. The average Bonchev–Trinajstić information content (AvgIpc) is 3.32. The summed E-state index contributed by atoms with van der Waals surface area (Å²) in [6.07, 6.45) is 6.90. The first kappa shape index (κ1) is 18.6. The third-order valence-corrected chi connectivity index (χ3v) is 4.30. The van der Waals surface area contributed by atoms with Gasteiger partial charge in [0.15, 0.2) is 5.02 Å². The number of rotatable bonds is 7. The topological polar surface area (TPSA) is 126 Å². The van der Waals surface area contributed by atoms with Gasteiger partial charge in [0, 0.05) is 24.5 Å². The van der Waals surface area contributed by atoms with Gasteiger partial charge < -0.3 is 15.4 Å². The lowest BCUT2D eigenvalue weighted by Crippen LogP contribution is -2.20. The number of hydrogen-bond acceptors (Lipinski definition) is 6. The predicted octanol–water partition coefficient (Wildman–Crippen LogP) is 1.85. The van der Waals surface area contributed by atoms with Gasteiger partial charge >= 0.3 is 5.82 Å². The average molecular weight is 393 g/mol. The number of anilines is 1. The van der Waals surface area contributed by atoms with Crippen molar-refractivity contribution in [3.63, 3.8) is 0 Å². The summed E-state index contributed by atoms with van der Waals surface area (Å²) in [5, 5.41) is 25.6. The SMILES string of the molecule is CCn1cc(Cn2cc(NC(=O)Cn3nc([N+](=O)[O-])c(Cl)c3C)cn2)cn1. The lowest BCUT2D eigenvalue weighted by Gasteiger charge is -2.02. The number of nitrogens with one attached hydrogen (secondary N) is 1. The van der Waals surface area contributed by atoms with Crippen LogP contribution in [0.5, 0.6) is 0 Å². The highest BCUT2D eigenvalue weighted by Crippen LogP contribution is 2.26. The Morgan fingerprint density at radius 1 is 1.30 bits per heavy atom. The third-order valence-electron chi connectivity index (χ3n) is 3.86. The number of hydrogen-bond donors (Lipinski definition) is 1. The molecule has 0 fully saturated rings. The molecule has 0 saturated heterocycles. The molecule has 0 atom stereocenters. The molecule has 12 heteroatoms. The zero-order chi connectivity index (χ0) is 19.6. The van der Waals surface area contributed by atoms with Gasteiger partial charge in [-0.25, -0.2) is 0 Å². The molecule has 0 aliphatic heterocycles. The summed E-state index contributed by atoms with van der Waals surface area (Å²) in [5.41, 5.74) is 1.85. The molecule has 0 saturated carbocycles. The van der Waals surface area contributed by atoms with Gasteiger partial charge in [-0.1, -0.05) is 11.6 Å². The maximum atomic E-state index is 12.2. The molecule has 0 radical (unpaired) electrons. The predicted molar refractivity (Wildman–Crippen MR) is 96.5 cm³/mol. The third kappa shape index (κ3) is 4.14. The Bertz CT molecular complexity index is 989. The van der Waals surface area contributed by atoms with Crippen LogP contribution in [-0.4, -0.2) is 40.2 Å². The first-order valence-electron chi connectivity index (χ1n) is 8.08. The van der Waals surface area contributed by atoms with Crippen molar-refractivity contribution in [2.75, 3.05) is 5.32 Å². The quantitative estimate of drug-likeness (QED) is 0.483. The van der Waals surface area contributed by atoms with E-state index in [4.69, 9.17) is 11.6 Å². The van der Waals surface area contributed by atoms with Crippen molar-refractivity contribution >= 4 is 29.0 Å². The van der Waals surface area contributed by atoms with E-state index in [1.54, 1.807) is 24.0 Å². The molecule has 0 bridgehead atoms. The van der Waals surface area contributed by atoms with E-state index in [0.717, 1.165) is 12.1 Å². The number of carbonyl (C=O) groups is 1. The van der Waals surface area contributed by atoms with Crippen LogP contribution in [0.25, 0.3) is 0 Å². The molecular formula is C15H17ClN8O3. The summed E-state index contributed by atoms with van der Waals surface area (Å²) in [5.74, 6) is -0.868. The van der Waals surface area contributed by atoms with Crippen LogP contribution in [0, 0.1) is 17.0 Å². The zero-order valence-electron chi connectivity index (χ0n) is 14.7. The summed E-state index contributed by atoms with van der Waals surface area (Å²) < 4.78 is 4.69. The molecule has 3 rings (SSSR count). The van der Waals surface area contributed by atoms with E-state index in [2.05, 4.69) is 20.6 Å². The second kappa shape index (κ2) is 7.58. The van der Waals surface area contributed by atoms with Gasteiger partial charge in [-0.2, -0.15) is 14.9 Å². The smallest absolute Gasteiger partial charge is 0.358 e. The fraction of sp³-hybridized carbons (Fsp3) is 0.333. The van der Waals surface area contributed by atoms with Crippen molar-refractivity contribution in [2.45, 2.75) is 33.5 Å². The molecule has 3 aromatic heterocycles. The highest BCUT2D eigenvalue weighted by molar-refractivity contribution is 6.33. The van der Waals surface area contributed by atoms with Gasteiger partial charge in [0.1, 0.15) is 6.54 Å². The maximum Gasteiger partial charge on any atom is 0.408 e. The van der Waals surface area contributed by atoms with Crippen molar-refractivity contribution in [1.82, 2.24) is 29.3 Å². The van der Waals surface area contributed by atoms with Gasteiger partial charge in [-0.05, 0) is 18.8 Å². The van der Waals surface area contributed by atoms with Gasteiger partial charge in [-0.15, -0.1) is 0 Å². The Hall–Kier alpha value is -3.21. The second-order valence-electron chi connectivity index (χ2n) is 5.82. The van der Waals surface area contributed by atoms with Crippen molar-refractivity contribution in [1.29, 1.82) is 0 Å². The number of nitrogens with zero attached hydrogens (tertiary/aromatic N) is 7. The van der Waals surface area contributed by atoms with Gasteiger partial charge in [0.05, 0.1) is 35.4 Å². The minimum absolute atomic E-state index is 0.0757. The standard InChI is InChI=1S/C15H17ClN8O3/c1-3-21-6-11(4-17-21)7-22-8-12(5-18-22)19-13(25)9-23-10(2)14(16)15(20-23)24(26)27/h4-6,8H,3,7,9H2,1-2H3,(H,19,25). The highest BCUT2D eigenvalue weighted by Gasteiger charge is 2.25. The van der Waals surface area contributed by atoms with Gasteiger partial charge in [0.2, 0.25) is 5.91 Å². The Balaban J connectivity index is 1.62. The number of nitro groups is 1. The van der Waals surface area contributed by atoms with Crippen LogP contribution < -0.4 is 5.32 Å². The van der Waals surface area contributed by atoms with Crippen molar-refractivity contribution < 1.29 is 9.72 Å². The summed E-state index contributed by atoms with van der Waals surface area (Å²) in [7, 11) is 0. The Labute approximate surface area is 158 Å². The molecule has 0 aromatic carbocycles. The van der Waals surface area contributed by atoms with E-state index in [9.17, 15) is 14.9 Å². The monoisotopic (exact) mass is 392 g/mol. The van der Waals surface area contributed by atoms with Gasteiger partial charge in [0.25, 0.3) is 0 Å². The lowest BCUT2D eigenvalue weighted by molar-refractivity contribution is -0.389. The van der Waals surface area contributed by atoms with E-state index in [-0.39, 0.29) is 11.6 Å². The van der Waals surface area contributed by atoms with E-state index in [0.29, 0.717) is 17.9 Å². The minimum atomic E-state index is -0.686. The van der Waals surface area contributed by atoms with Crippen LogP contribution in [0.4, 0.5) is 11.5 Å². The number of aryl methyl sites for hydroxylation is 1. The Kier molecular flexibility index (Phi) is 5.21. The van der Waals surface area contributed by atoms with Crippen molar-refractivity contribution in [3.8, 4) is 0 Å². The number of carbonyl (C=O) groups excluding carboxylic acids is 1. The summed E-state index contributed by atoms with van der Waals surface area (Å²) in [4.78, 5) is 22.4. The van der Waals surface area contributed by atoms with Crippen molar-refractivity contribution in [3.05, 3.63) is 51.2 Å². The molecule has 1 amide bonds. The molecule has 27 heavy (non-hydrogen) atoms. The molecule has 3 aromatic rings. The highest BCUT2D eigenvalue weighted by atomic mass is 35.5. The van der Waals surface area contributed by atoms with Crippen LogP contribution in [0.1, 0.15) is 18.2 Å². The molecule has 3 heterocycles. The Morgan fingerprint density at radius 3 is 2.67 bits per heavy atom. The zero-order valence-corrected chi connectivity index (χ0v) is 15.4. The fourth-order valence-electron chi connectivity index (χ4n) is 2.48. The molecule has 142 valence electrons. The molecule has 0 aliphatic rings. The Morgan fingerprint density at radius 2 is 2.04 bits per heavy atom. The first-order chi connectivity index (χ1) is 12.9. The maximum absolute atomic E-state index is 12.2. The lowest BCUT2D eigenvalue weighted by atomic mass is 10.4. The van der Waals surface area contributed by atoms with Crippen LogP contribution in [0.3, 0.4) is 0 Å². The number of amides is 1. The molecule has 0 unspecified atom stereocenters. The largest absolute Gasteiger partial charge is 0.408 e.